The number of rotatable bonds is 3. The Hall–Kier alpha value is -2.20. The van der Waals surface area contributed by atoms with Crippen molar-refractivity contribution >= 4 is 27.5 Å². The summed E-state index contributed by atoms with van der Waals surface area (Å²) < 4.78 is 2.19. The molecule has 0 fully saturated rings. The summed E-state index contributed by atoms with van der Waals surface area (Å²) >= 11 is 3.29. The monoisotopic (exact) mass is 305 g/mol. The quantitative estimate of drug-likeness (QED) is 0.932. The molecule has 1 heterocycles. The number of anilines is 1. The highest BCUT2D eigenvalue weighted by Gasteiger charge is 2.08. The van der Waals surface area contributed by atoms with Gasteiger partial charge in [-0.05, 0) is 18.2 Å². The summed E-state index contributed by atoms with van der Waals surface area (Å²) in [6.07, 6.45) is 2.80. The largest absolute Gasteiger partial charge is 0.323 e. The Bertz CT molecular complexity index is 602. The Morgan fingerprint density at radius 2 is 2.39 bits per heavy atom. The molecule has 0 bridgehead atoms. The summed E-state index contributed by atoms with van der Waals surface area (Å²) in [6.45, 7) is 0.0530. The molecule has 0 aliphatic rings. The van der Waals surface area contributed by atoms with Crippen LogP contribution in [0.1, 0.15) is 5.56 Å². The van der Waals surface area contributed by atoms with E-state index >= 15 is 0 Å². The van der Waals surface area contributed by atoms with Crippen molar-refractivity contribution in [3.05, 3.63) is 40.9 Å². The molecule has 1 aromatic carbocycles. The Balaban J connectivity index is 2.12. The highest BCUT2D eigenvalue weighted by atomic mass is 79.9. The second kappa shape index (κ2) is 5.42. The van der Waals surface area contributed by atoms with E-state index < -0.39 is 0 Å². The third-order valence-electron chi connectivity index (χ3n) is 2.15. The smallest absolute Gasteiger partial charge is 0.246 e. The van der Waals surface area contributed by atoms with Crippen molar-refractivity contribution in [3.8, 4) is 6.07 Å². The lowest BCUT2D eigenvalue weighted by Gasteiger charge is -2.07. The molecule has 0 atom stereocenters. The van der Waals surface area contributed by atoms with E-state index in [2.05, 4.69) is 31.3 Å². The van der Waals surface area contributed by atoms with Crippen LogP contribution in [0.25, 0.3) is 0 Å². The minimum absolute atomic E-state index is 0.0530. The number of aromatic nitrogens is 3. The molecule has 0 spiro atoms. The number of nitrogens with one attached hydrogen (secondary N) is 1. The molecule has 0 radical (unpaired) electrons. The van der Waals surface area contributed by atoms with E-state index in [1.54, 1.807) is 18.2 Å². The first kappa shape index (κ1) is 12.3. The lowest BCUT2D eigenvalue weighted by atomic mass is 10.2. The Morgan fingerprint density at radius 1 is 1.56 bits per heavy atom. The number of benzene rings is 1. The highest BCUT2D eigenvalue weighted by Crippen LogP contribution is 2.20. The van der Waals surface area contributed by atoms with E-state index in [1.165, 1.54) is 17.3 Å². The summed E-state index contributed by atoms with van der Waals surface area (Å²) in [5.74, 6) is -0.268. The van der Waals surface area contributed by atoms with Crippen LogP contribution >= 0.6 is 15.9 Å². The standard InChI is InChI=1S/C11H8BrN5O/c12-9-2-1-8(4-13)10(3-9)16-11(18)5-17-7-14-6-15-17/h1-3,6-7H,5H2,(H,16,18). The molecule has 0 aliphatic heterocycles. The first-order valence-electron chi connectivity index (χ1n) is 5.01. The fourth-order valence-electron chi connectivity index (χ4n) is 1.37. The number of hydrogen-bond acceptors (Lipinski definition) is 4. The summed E-state index contributed by atoms with van der Waals surface area (Å²) in [7, 11) is 0. The lowest BCUT2D eigenvalue weighted by Crippen LogP contribution is -2.19. The molecule has 18 heavy (non-hydrogen) atoms. The first-order valence-corrected chi connectivity index (χ1v) is 5.80. The molecule has 0 unspecified atom stereocenters. The fraction of sp³-hybridized carbons (Fsp3) is 0.0909. The number of amides is 1. The molecule has 0 saturated carbocycles. The van der Waals surface area contributed by atoms with Crippen molar-refractivity contribution in [1.29, 1.82) is 5.26 Å². The second-order valence-corrected chi connectivity index (χ2v) is 4.36. The van der Waals surface area contributed by atoms with Crippen LogP contribution in [0.3, 0.4) is 0 Å². The molecule has 2 rings (SSSR count). The van der Waals surface area contributed by atoms with Crippen molar-refractivity contribution in [2.75, 3.05) is 5.32 Å². The lowest BCUT2D eigenvalue weighted by molar-refractivity contribution is -0.116. The van der Waals surface area contributed by atoms with Gasteiger partial charge in [-0.3, -0.25) is 4.79 Å². The third-order valence-corrected chi connectivity index (χ3v) is 2.64. The topological polar surface area (TPSA) is 83.6 Å². The van der Waals surface area contributed by atoms with Crippen LogP contribution in [0.2, 0.25) is 0 Å². The zero-order chi connectivity index (χ0) is 13.0. The van der Waals surface area contributed by atoms with Gasteiger partial charge < -0.3 is 5.32 Å². The van der Waals surface area contributed by atoms with Gasteiger partial charge in [0.2, 0.25) is 5.91 Å². The van der Waals surface area contributed by atoms with Crippen molar-refractivity contribution < 1.29 is 4.79 Å². The molecule has 6 nitrogen and oxygen atoms in total. The van der Waals surface area contributed by atoms with Crippen LogP contribution in [0.4, 0.5) is 5.69 Å². The van der Waals surface area contributed by atoms with Gasteiger partial charge in [0.25, 0.3) is 0 Å². The van der Waals surface area contributed by atoms with E-state index in [1.807, 2.05) is 6.07 Å². The van der Waals surface area contributed by atoms with Gasteiger partial charge in [-0.25, -0.2) is 9.67 Å². The van der Waals surface area contributed by atoms with Gasteiger partial charge in [0.05, 0.1) is 11.3 Å². The van der Waals surface area contributed by atoms with Crippen LogP contribution in [0.15, 0.2) is 35.3 Å². The predicted octanol–water partition coefficient (Wildman–Crippen LogP) is 1.55. The second-order valence-electron chi connectivity index (χ2n) is 3.44. The maximum Gasteiger partial charge on any atom is 0.246 e. The summed E-state index contributed by atoms with van der Waals surface area (Å²) in [4.78, 5) is 15.5. The van der Waals surface area contributed by atoms with E-state index in [4.69, 9.17) is 5.26 Å². The number of nitriles is 1. The Kier molecular flexibility index (Phi) is 3.69. The number of nitrogens with zero attached hydrogens (tertiary/aromatic N) is 4. The number of hydrogen-bond donors (Lipinski definition) is 1. The van der Waals surface area contributed by atoms with Crippen molar-refractivity contribution in [1.82, 2.24) is 14.8 Å². The maximum atomic E-state index is 11.7. The number of halogens is 1. The SMILES string of the molecule is N#Cc1ccc(Br)cc1NC(=O)Cn1cncn1. The van der Waals surface area contributed by atoms with Gasteiger partial charge in [0, 0.05) is 4.47 Å². The van der Waals surface area contributed by atoms with Gasteiger partial charge >= 0.3 is 0 Å². The number of carbonyl (C=O) groups excluding carboxylic acids is 1. The summed E-state index contributed by atoms with van der Waals surface area (Å²) in [5.41, 5.74) is 0.877. The average molecular weight is 306 g/mol. The number of carbonyl (C=O) groups is 1. The minimum atomic E-state index is -0.268. The first-order chi connectivity index (χ1) is 8.69. The molecule has 90 valence electrons. The van der Waals surface area contributed by atoms with Gasteiger partial charge in [0.1, 0.15) is 25.3 Å². The zero-order valence-electron chi connectivity index (χ0n) is 9.17. The summed E-state index contributed by atoms with van der Waals surface area (Å²) in [5, 5.41) is 15.4. The van der Waals surface area contributed by atoms with Crippen molar-refractivity contribution in [2.24, 2.45) is 0 Å². The van der Waals surface area contributed by atoms with Crippen LogP contribution in [0.5, 0.6) is 0 Å². The molecule has 1 aromatic heterocycles. The highest BCUT2D eigenvalue weighted by molar-refractivity contribution is 9.10. The van der Waals surface area contributed by atoms with Crippen LogP contribution in [-0.4, -0.2) is 20.7 Å². The molecule has 2 aromatic rings. The summed E-state index contributed by atoms with van der Waals surface area (Å²) in [6, 6.07) is 7.07. The maximum absolute atomic E-state index is 11.7. The van der Waals surface area contributed by atoms with Crippen LogP contribution < -0.4 is 5.32 Å². The third kappa shape index (κ3) is 2.93. The van der Waals surface area contributed by atoms with Gasteiger partial charge in [-0.15, -0.1) is 0 Å². The van der Waals surface area contributed by atoms with Crippen molar-refractivity contribution in [2.45, 2.75) is 6.54 Å². The normalized spacial score (nSPS) is 9.78. The van der Waals surface area contributed by atoms with Crippen LogP contribution in [0, 0.1) is 11.3 Å². The molecule has 0 aliphatic carbocycles. The van der Waals surface area contributed by atoms with Crippen LogP contribution in [-0.2, 0) is 11.3 Å². The van der Waals surface area contributed by atoms with E-state index in [0.29, 0.717) is 11.3 Å². The minimum Gasteiger partial charge on any atom is -0.323 e. The Labute approximate surface area is 111 Å². The van der Waals surface area contributed by atoms with Gasteiger partial charge in [-0.1, -0.05) is 15.9 Å². The average Bonchev–Trinajstić information content (AvgIpc) is 2.82. The van der Waals surface area contributed by atoms with Gasteiger partial charge in [0.15, 0.2) is 0 Å². The van der Waals surface area contributed by atoms with Crippen molar-refractivity contribution in [3.63, 3.8) is 0 Å². The van der Waals surface area contributed by atoms with E-state index in [9.17, 15) is 4.79 Å². The van der Waals surface area contributed by atoms with E-state index in [0.717, 1.165) is 4.47 Å². The molecule has 1 N–H and O–H groups in total. The molecule has 0 saturated heterocycles. The predicted molar refractivity (Wildman–Crippen MR) is 67.5 cm³/mol. The molecule has 7 heteroatoms. The molecular formula is C11H8BrN5O. The van der Waals surface area contributed by atoms with Gasteiger partial charge in [-0.2, -0.15) is 10.4 Å². The van der Waals surface area contributed by atoms with E-state index in [-0.39, 0.29) is 12.5 Å². The molecule has 1 amide bonds. The Morgan fingerprint density at radius 3 is 3.06 bits per heavy atom. The zero-order valence-corrected chi connectivity index (χ0v) is 10.8. The molecular weight excluding hydrogens is 298 g/mol. The fourth-order valence-corrected chi connectivity index (χ4v) is 1.73.